The predicted molar refractivity (Wildman–Crippen MR) is 73.3 cm³/mol. The minimum atomic E-state index is -0.487. The van der Waals surface area contributed by atoms with Crippen molar-refractivity contribution in [3.05, 3.63) is 35.6 Å². The Morgan fingerprint density at radius 1 is 1.32 bits per heavy atom. The molecule has 19 heavy (non-hydrogen) atoms. The molecular weight excluding hydrogens is 243 g/mol. The van der Waals surface area contributed by atoms with E-state index in [2.05, 4.69) is 5.32 Å². The summed E-state index contributed by atoms with van der Waals surface area (Å²) in [5.41, 5.74) is 5.85. The molecule has 1 saturated carbocycles. The van der Waals surface area contributed by atoms with Gasteiger partial charge >= 0.3 is 0 Å². The van der Waals surface area contributed by atoms with Crippen LogP contribution in [0.2, 0.25) is 0 Å². The van der Waals surface area contributed by atoms with E-state index in [-0.39, 0.29) is 17.5 Å². The number of rotatable bonds is 4. The summed E-state index contributed by atoms with van der Waals surface area (Å²) in [7, 11) is 0. The van der Waals surface area contributed by atoms with Gasteiger partial charge < -0.3 is 11.1 Å². The van der Waals surface area contributed by atoms with Gasteiger partial charge in [0.1, 0.15) is 5.82 Å². The molecule has 0 saturated heterocycles. The maximum absolute atomic E-state index is 13.5. The first-order valence-electron chi connectivity index (χ1n) is 6.98. The second-order valence-electron chi connectivity index (χ2n) is 5.19. The largest absolute Gasteiger partial charge is 0.348 e. The third-order valence-electron chi connectivity index (χ3n) is 3.91. The molecular formula is C15H21FN2O. The van der Waals surface area contributed by atoms with E-state index in [4.69, 9.17) is 5.73 Å². The number of carbonyl (C=O) groups is 1. The lowest BCUT2D eigenvalue weighted by Gasteiger charge is -2.30. The van der Waals surface area contributed by atoms with Gasteiger partial charge in [-0.05, 0) is 30.9 Å². The van der Waals surface area contributed by atoms with Crippen molar-refractivity contribution < 1.29 is 9.18 Å². The second-order valence-corrected chi connectivity index (χ2v) is 5.19. The highest BCUT2D eigenvalue weighted by atomic mass is 19.1. The number of hydrogen-bond donors (Lipinski definition) is 2. The normalized spacial score (nSPS) is 18.0. The molecule has 0 aliphatic heterocycles. The van der Waals surface area contributed by atoms with Crippen LogP contribution in [0.25, 0.3) is 0 Å². The number of halogens is 1. The Balaban J connectivity index is 2.01. The molecule has 1 fully saturated rings. The van der Waals surface area contributed by atoms with E-state index in [1.54, 1.807) is 12.1 Å². The van der Waals surface area contributed by atoms with Crippen LogP contribution in [0.3, 0.4) is 0 Å². The van der Waals surface area contributed by atoms with Gasteiger partial charge in [0.05, 0.1) is 5.56 Å². The van der Waals surface area contributed by atoms with Crippen LogP contribution in [0.1, 0.15) is 42.5 Å². The predicted octanol–water partition coefficient (Wildman–Crippen LogP) is 2.46. The molecule has 0 heterocycles. The van der Waals surface area contributed by atoms with Gasteiger partial charge in [-0.3, -0.25) is 4.79 Å². The van der Waals surface area contributed by atoms with Crippen molar-refractivity contribution >= 4 is 5.91 Å². The highest BCUT2D eigenvalue weighted by Gasteiger charge is 2.24. The molecule has 1 unspecified atom stereocenters. The molecule has 4 heteroatoms. The Bertz CT molecular complexity index is 430. The SMILES string of the molecule is NCC(NC(=O)c1ccccc1F)C1CCCCC1. The number of amides is 1. The Hall–Kier alpha value is -1.42. The van der Waals surface area contributed by atoms with Crippen LogP contribution in [-0.2, 0) is 0 Å². The molecule has 0 bridgehead atoms. The molecule has 1 aromatic carbocycles. The fraction of sp³-hybridized carbons (Fsp3) is 0.533. The molecule has 0 aromatic heterocycles. The average Bonchev–Trinajstić information content (AvgIpc) is 2.46. The van der Waals surface area contributed by atoms with E-state index in [9.17, 15) is 9.18 Å². The lowest BCUT2D eigenvalue weighted by atomic mass is 9.84. The summed E-state index contributed by atoms with van der Waals surface area (Å²) in [6.07, 6.45) is 5.83. The number of nitrogens with one attached hydrogen (secondary N) is 1. The van der Waals surface area contributed by atoms with Gasteiger partial charge in [-0.15, -0.1) is 0 Å². The van der Waals surface area contributed by atoms with E-state index in [1.165, 1.54) is 31.4 Å². The van der Waals surface area contributed by atoms with Crippen molar-refractivity contribution in [1.29, 1.82) is 0 Å². The number of carbonyl (C=O) groups excluding carboxylic acids is 1. The minimum absolute atomic E-state index is 0.0487. The quantitative estimate of drug-likeness (QED) is 0.877. The van der Waals surface area contributed by atoms with Gasteiger partial charge in [0, 0.05) is 12.6 Å². The van der Waals surface area contributed by atoms with E-state index < -0.39 is 5.82 Å². The third kappa shape index (κ3) is 3.53. The summed E-state index contributed by atoms with van der Waals surface area (Å²) in [6.45, 7) is 0.408. The Morgan fingerprint density at radius 2 is 2.00 bits per heavy atom. The van der Waals surface area contributed by atoms with Gasteiger partial charge in [-0.2, -0.15) is 0 Å². The topological polar surface area (TPSA) is 55.1 Å². The van der Waals surface area contributed by atoms with Crippen molar-refractivity contribution in [2.24, 2.45) is 11.7 Å². The van der Waals surface area contributed by atoms with Crippen LogP contribution in [0.15, 0.2) is 24.3 Å². The molecule has 0 radical (unpaired) electrons. The Kier molecular flexibility index (Phi) is 4.91. The number of hydrogen-bond acceptors (Lipinski definition) is 2. The molecule has 1 aromatic rings. The van der Waals surface area contributed by atoms with Crippen LogP contribution in [0.5, 0.6) is 0 Å². The highest BCUT2D eigenvalue weighted by Crippen LogP contribution is 2.26. The number of nitrogens with two attached hydrogens (primary N) is 1. The smallest absolute Gasteiger partial charge is 0.254 e. The molecule has 1 atom stereocenters. The summed E-state index contributed by atoms with van der Waals surface area (Å²) in [5.74, 6) is -0.423. The molecule has 3 nitrogen and oxygen atoms in total. The van der Waals surface area contributed by atoms with Crippen molar-refractivity contribution in [2.75, 3.05) is 6.54 Å². The summed E-state index contributed by atoms with van der Waals surface area (Å²) in [6, 6.07) is 5.99. The summed E-state index contributed by atoms with van der Waals surface area (Å²) in [4.78, 5) is 12.1. The standard InChI is InChI=1S/C15H21FN2O/c16-13-9-5-4-8-12(13)15(19)18-14(10-17)11-6-2-1-3-7-11/h4-5,8-9,11,14H,1-3,6-7,10,17H2,(H,18,19). The highest BCUT2D eigenvalue weighted by molar-refractivity contribution is 5.94. The zero-order chi connectivity index (χ0) is 13.7. The first-order chi connectivity index (χ1) is 9.22. The first kappa shape index (κ1) is 14.0. The van der Waals surface area contributed by atoms with Crippen molar-refractivity contribution in [2.45, 2.75) is 38.1 Å². The third-order valence-corrected chi connectivity index (χ3v) is 3.91. The van der Waals surface area contributed by atoms with Crippen molar-refractivity contribution in [1.82, 2.24) is 5.32 Å². The van der Waals surface area contributed by atoms with E-state index in [0.29, 0.717) is 12.5 Å². The van der Waals surface area contributed by atoms with E-state index >= 15 is 0 Å². The van der Waals surface area contributed by atoms with Crippen LogP contribution in [0, 0.1) is 11.7 Å². The van der Waals surface area contributed by atoms with Gasteiger partial charge in [0.25, 0.3) is 5.91 Å². The maximum Gasteiger partial charge on any atom is 0.254 e. The van der Waals surface area contributed by atoms with Crippen molar-refractivity contribution in [3.8, 4) is 0 Å². The molecule has 0 spiro atoms. The van der Waals surface area contributed by atoms with Gasteiger partial charge in [0.2, 0.25) is 0 Å². The average molecular weight is 264 g/mol. The molecule has 2 rings (SSSR count). The van der Waals surface area contributed by atoms with Crippen LogP contribution < -0.4 is 11.1 Å². The lowest BCUT2D eigenvalue weighted by Crippen LogP contribution is -2.46. The van der Waals surface area contributed by atoms with Gasteiger partial charge in [0.15, 0.2) is 0 Å². The Morgan fingerprint density at radius 3 is 2.63 bits per heavy atom. The van der Waals surface area contributed by atoms with Crippen LogP contribution >= 0.6 is 0 Å². The molecule has 3 N–H and O–H groups in total. The maximum atomic E-state index is 13.5. The molecule has 104 valence electrons. The van der Waals surface area contributed by atoms with Crippen LogP contribution in [-0.4, -0.2) is 18.5 Å². The van der Waals surface area contributed by atoms with Crippen molar-refractivity contribution in [3.63, 3.8) is 0 Å². The monoisotopic (exact) mass is 264 g/mol. The minimum Gasteiger partial charge on any atom is -0.348 e. The number of benzene rings is 1. The molecule has 1 amide bonds. The summed E-state index contributed by atoms with van der Waals surface area (Å²) >= 11 is 0. The fourth-order valence-corrected chi connectivity index (χ4v) is 2.80. The fourth-order valence-electron chi connectivity index (χ4n) is 2.80. The Labute approximate surface area is 113 Å². The van der Waals surface area contributed by atoms with Gasteiger partial charge in [-0.25, -0.2) is 4.39 Å². The molecule has 1 aliphatic rings. The van der Waals surface area contributed by atoms with E-state index in [0.717, 1.165) is 12.8 Å². The summed E-state index contributed by atoms with van der Waals surface area (Å²) < 4.78 is 13.5. The van der Waals surface area contributed by atoms with Crippen LogP contribution in [0.4, 0.5) is 4.39 Å². The van der Waals surface area contributed by atoms with E-state index in [1.807, 2.05) is 0 Å². The summed E-state index contributed by atoms with van der Waals surface area (Å²) in [5, 5.41) is 2.89. The first-order valence-corrected chi connectivity index (χ1v) is 6.98. The zero-order valence-corrected chi connectivity index (χ0v) is 11.1. The molecule has 1 aliphatic carbocycles. The lowest BCUT2D eigenvalue weighted by molar-refractivity contribution is 0.0911. The zero-order valence-electron chi connectivity index (χ0n) is 11.1. The second kappa shape index (κ2) is 6.66. The van der Waals surface area contributed by atoms with Gasteiger partial charge in [-0.1, -0.05) is 31.4 Å².